The molecule has 0 atom stereocenters. The minimum absolute atomic E-state index is 0.148. The Morgan fingerprint density at radius 1 is 1.37 bits per heavy atom. The zero-order valence-corrected chi connectivity index (χ0v) is 12.5. The van der Waals surface area contributed by atoms with Crippen LogP contribution < -0.4 is 10.5 Å². The summed E-state index contributed by atoms with van der Waals surface area (Å²) < 4.78 is 47.2. The Balaban J connectivity index is 2.71. The highest BCUT2D eigenvalue weighted by Gasteiger charge is 2.16. The van der Waals surface area contributed by atoms with Crippen molar-refractivity contribution in [3.8, 4) is 11.8 Å². The number of nitrogens with zero attached hydrogens (tertiary/aromatic N) is 1. The van der Waals surface area contributed by atoms with Crippen molar-refractivity contribution in [2.45, 2.75) is 0 Å². The van der Waals surface area contributed by atoms with Crippen LogP contribution in [0.2, 0.25) is 0 Å². The topological polar surface area (TPSA) is 119 Å². The number of rotatable bonds is 5. The quantitative estimate of drug-likeness (QED) is 0.687. The van der Waals surface area contributed by atoms with Gasteiger partial charge in [0.2, 0.25) is 10.0 Å². The van der Waals surface area contributed by atoms with Gasteiger partial charge in [-0.2, -0.15) is 0 Å². The summed E-state index contributed by atoms with van der Waals surface area (Å²) in [5.41, 5.74) is 5.21. The largest absolute Gasteiger partial charge is 0.320 e. The summed E-state index contributed by atoms with van der Waals surface area (Å²) >= 11 is 1.05. The fraction of sp³-hybridized carbons (Fsp3) is 0.444. The third kappa shape index (κ3) is 6.53. The Morgan fingerprint density at radius 2 is 2.05 bits per heavy atom. The van der Waals surface area contributed by atoms with E-state index in [-0.39, 0.29) is 11.7 Å². The van der Waals surface area contributed by atoms with E-state index in [0.29, 0.717) is 4.88 Å². The number of hydrogen-bond donors (Lipinski definition) is 2. The predicted molar refractivity (Wildman–Crippen MR) is 75.2 cm³/mol. The van der Waals surface area contributed by atoms with E-state index in [2.05, 4.69) is 21.5 Å². The summed E-state index contributed by atoms with van der Waals surface area (Å²) in [6.45, 7) is 0.202. The van der Waals surface area contributed by atoms with Crippen LogP contribution in [-0.2, 0) is 19.9 Å². The first kappa shape index (κ1) is 15.9. The monoisotopic (exact) mass is 323 g/mol. The Morgan fingerprint density at radius 3 is 2.63 bits per heavy atom. The van der Waals surface area contributed by atoms with Gasteiger partial charge in [-0.05, 0) is 0 Å². The Labute approximate surface area is 116 Å². The summed E-state index contributed by atoms with van der Waals surface area (Å²) in [4.78, 5) is 4.41. The van der Waals surface area contributed by atoms with Gasteiger partial charge in [0.25, 0.3) is 0 Å². The molecule has 0 unspecified atom stereocenters. The molecule has 0 fully saturated rings. The van der Waals surface area contributed by atoms with Crippen LogP contribution >= 0.6 is 11.3 Å². The average Bonchev–Trinajstić information content (AvgIpc) is 2.70. The van der Waals surface area contributed by atoms with Crippen LogP contribution in [0.25, 0.3) is 0 Å². The summed E-state index contributed by atoms with van der Waals surface area (Å²) in [5, 5.41) is 0.148. The lowest BCUT2D eigenvalue weighted by Crippen LogP contribution is -2.22. The standard InChI is InChI=1S/C9H13N3O4S3/c1-18(13,14)5-6-19(15,16)12-9-11-7-8(17-9)3-2-4-10/h7H,4-6,10H2,1H3,(H,11,12). The maximum Gasteiger partial charge on any atom is 0.235 e. The average molecular weight is 323 g/mol. The van der Waals surface area contributed by atoms with Crippen LogP contribution in [0.1, 0.15) is 4.88 Å². The molecule has 3 N–H and O–H groups in total. The molecule has 19 heavy (non-hydrogen) atoms. The van der Waals surface area contributed by atoms with E-state index < -0.39 is 31.4 Å². The first-order valence-electron chi connectivity index (χ1n) is 5.05. The van der Waals surface area contributed by atoms with E-state index in [0.717, 1.165) is 17.6 Å². The highest BCUT2D eigenvalue weighted by atomic mass is 32.2. The number of anilines is 1. The molecule has 106 valence electrons. The zero-order valence-electron chi connectivity index (χ0n) is 10.1. The van der Waals surface area contributed by atoms with Crippen molar-refractivity contribution in [2.75, 3.05) is 29.0 Å². The van der Waals surface area contributed by atoms with E-state index in [1.165, 1.54) is 6.20 Å². The lowest BCUT2D eigenvalue weighted by Gasteiger charge is -2.03. The molecule has 0 radical (unpaired) electrons. The molecule has 0 aliphatic heterocycles. The van der Waals surface area contributed by atoms with Gasteiger partial charge in [-0.25, -0.2) is 21.8 Å². The molecule has 1 aromatic rings. The lowest BCUT2D eigenvalue weighted by atomic mass is 10.5. The summed E-state index contributed by atoms with van der Waals surface area (Å²) in [5.74, 6) is 4.39. The minimum atomic E-state index is -3.73. The van der Waals surface area contributed by atoms with E-state index in [9.17, 15) is 16.8 Å². The smallest absolute Gasteiger partial charge is 0.235 e. The third-order valence-electron chi connectivity index (χ3n) is 1.79. The molecule has 0 saturated carbocycles. The number of aromatic nitrogens is 1. The fourth-order valence-electron chi connectivity index (χ4n) is 0.962. The van der Waals surface area contributed by atoms with E-state index in [1.807, 2.05) is 0 Å². The summed E-state index contributed by atoms with van der Waals surface area (Å²) in [6.07, 6.45) is 2.40. The van der Waals surface area contributed by atoms with Gasteiger partial charge in [0.1, 0.15) is 9.84 Å². The normalized spacial score (nSPS) is 11.7. The van der Waals surface area contributed by atoms with Crippen molar-refractivity contribution in [3.63, 3.8) is 0 Å². The van der Waals surface area contributed by atoms with Crippen LogP contribution in [0.5, 0.6) is 0 Å². The zero-order chi connectivity index (χ0) is 14.5. The van der Waals surface area contributed by atoms with Crippen molar-refractivity contribution >= 4 is 36.3 Å². The lowest BCUT2D eigenvalue weighted by molar-refractivity contribution is 0.593. The van der Waals surface area contributed by atoms with Crippen LogP contribution in [0.3, 0.4) is 0 Å². The molecule has 0 amide bonds. The number of hydrogen-bond acceptors (Lipinski definition) is 7. The maximum absolute atomic E-state index is 11.6. The molecule has 1 heterocycles. The SMILES string of the molecule is CS(=O)(=O)CCS(=O)(=O)Nc1ncc(C#CCN)s1. The Bertz CT molecular complexity index is 695. The van der Waals surface area contributed by atoms with E-state index >= 15 is 0 Å². The van der Waals surface area contributed by atoms with Crippen molar-refractivity contribution in [3.05, 3.63) is 11.1 Å². The number of thiazole rings is 1. The summed E-state index contributed by atoms with van der Waals surface area (Å²) in [6, 6.07) is 0. The molecule has 0 bridgehead atoms. The van der Waals surface area contributed by atoms with Gasteiger partial charge in [0.05, 0.1) is 29.1 Å². The molecule has 0 aliphatic carbocycles. The molecule has 0 aromatic carbocycles. The molecule has 0 saturated heterocycles. The summed E-state index contributed by atoms with van der Waals surface area (Å²) in [7, 11) is -7.06. The molecule has 10 heteroatoms. The Kier molecular flexibility index (Phi) is 5.30. The second kappa shape index (κ2) is 6.33. The van der Waals surface area contributed by atoms with Gasteiger partial charge >= 0.3 is 0 Å². The van der Waals surface area contributed by atoms with Crippen molar-refractivity contribution in [2.24, 2.45) is 5.73 Å². The van der Waals surface area contributed by atoms with Gasteiger partial charge in [0.15, 0.2) is 5.13 Å². The van der Waals surface area contributed by atoms with E-state index in [4.69, 9.17) is 5.73 Å². The van der Waals surface area contributed by atoms with Gasteiger partial charge in [-0.3, -0.25) is 4.72 Å². The second-order valence-electron chi connectivity index (χ2n) is 3.59. The number of sulfone groups is 1. The first-order valence-corrected chi connectivity index (χ1v) is 9.58. The maximum atomic E-state index is 11.6. The highest BCUT2D eigenvalue weighted by molar-refractivity contribution is 7.95. The minimum Gasteiger partial charge on any atom is -0.320 e. The molecule has 1 rings (SSSR count). The first-order chi connectivity index (χ1) is 8.72. The van der Waals surface area contributed by atoms with Crippen LogP contribution in [-0.4, -0.2) is 46.1 Å². The predicted octanol–water partition coefficient (Wildman–Crippen LogP) is -0.760. The molecule has 7 nitrogen and oxygen atoms in total. The van der Waals surface area contributed by atoms with E-state index in [1.54, 1.807) is 0 Å². The van der Waals surface area contributed by atoms with Crippen LogP contribution in [0.15, 0.2) is 6.20 Å². The number of nitrogens with one attached hydrogen (secondary N) is 1. The van der Waals surface area contributed by atoms with Gasteiger partial charge in [0, 0.05) is 6.26 Å². The number of sulfonamides is 1. The van der Waals surface area contributed by atoms with Crippen molar-refractivity contribution in [1.82, 2.24) is 4.98 Å². The number of nitrogens with two attached hydrogens (primary N) is 1. The molecule has 0 spiro atoms. The van der Waals surface area contributed by atoms with Gasteiger partial charge in [-0.1, -0.05) is 23.2 Å². The van der Waals surface area contributed by atoms with Gasteiger partial charge in [-0.15, -0.1) is 0 Å². The molecule has 0 aliphatic rings. The second-order valence-corrected chi connectivity index (χ2v) is 8.72. The van der Waals surface area contributed by atoms with Crippen molar-refractivity contribution in [1.29, 1.82) is 0 Å². The molecule has 1 aromatic heterocycles. The fourth-order valence-corrected chi connectivity index (χ4v) is 4.56. The third-order valence-corrected chi connectivity index (χ3v) is 5.19. The highest BCUT2D eigenvalue weighted by Crippen LogP contribution is 2.18. The molecular formula is C9H13N3O4S3. The Hall–Kier alpha value is -1.15. The van der Waals surface area contributed by atoms with Crippen LogP contribution in [0.4, 0.5) is 5.13 Å². The van der Waals surface area contributed by atoms with Crippen molar-refractivity contribution < 1.29 is 16.8 Å². The van der Waals surface area contributed by atoms with Crippen LogP contribution in [0, 0.1) is 11.8 Å². The molecular weight excluding hydrogens is 310 g/mol. The van der Waals surface area contributed by atoms with Gasteiger partial charge < -0.3 is 5.73 Å².